The number of aromatic nitrogens is 1. The van der Waals surface area contributed by atoms with Gasteiger partial charge in [-0.05, 0) is 49.7 Å². The molecule has 1 heterocycles. The van der Waals surface area contributed by atoms with Crippen LogP contribution in [0.2, 0.25) is 0 Å². The SMILES string of the molecule is Cc1ccc(N=Cc2c(O)n(-c3cccc(C(F)(F)F)c3)c(=O)c3ccccc23)c(C)c1. The number of aromatic hydroxyl groups is 1. The highest BCUT2D eigenvalue weighted by molar-refractivity contribution is 6.02. The number of benzene rings is 3. The Balaban J connectivity index is 1.97. The number of hydrogen-bond donors (Lipinski definition) is 1. The van der Waals surface area contributed by atoms with Crippen molar-refractivity contribution in [2.75, 3.05) is 0 Å². The van der Waals surface area contributed by atoms with Gasteiger partial charge in [0.2, 0.25) is 5.88 Å². The second-order valence-corrected chi connectivity index (χ2v) is 7.52. The molecule has 0 aliphatic carbocycles. The van der Waals surface area contributed by atoms with Crippen LogP contribution in [0.15, 0.2) is 76.5 Å². The van der Waals surface area contributed by atoms with E-state index in [2.05, 4.69) is 4.99 Å². The molecule has 4 rings (SSSR count). The number of hydrogen-bond acceptors (Lipinski definition) is 3. The summed E-state index contributed by atoms with van der Waals surface area (Å²) in [6.07, 6.45) is -3.15. The standard InChI is InChI=1S/C25H19F3N2O2/c1-15-10-11-22(16(2)12-15)29-14-21-19-8-3-4-9-20(19)23(31)30(24(21)32)18-7-5-6-17(13-18)25(26,27)28/h3-14,32H,1-2H3. The summed E-state index contributed by atoms with van der Waals surface area (Å²) in [6, 6.07) is 16.6. The van der Waals surface area contributed by atoms with E-state index in [0.29, 0.717) is 11.1 Å². The summed E-state index contributed by atoms with van der Waals surface area (Å²) in [5.41, 5.74) is 1.29. The first-order chi connectivity index (χ1) is 15.2. The average molecular weight is 436 g/mol. The van der Waals surface area contributed by atoms with Crippen LogP contribution in [-0.2, 0) is 6.18 Å². The Bertz CT molecular complexity index is 1420. The number of alkyl halides is 3. The highest BCUT2D eigenvalue weighted by atomic mass is 19.4. The van der Waals surface area contributed by atoms with E-state index >= 15 is 0 Å². The maximum Gasteiger partial charge on any atom is 0.416 e. The normalized spacial score (nSPS) is 12.0. The minimum Gasteiger partial charge on any atom is -0.494 e. The molecule has 1 N–H and O–H groups in total. The van der Waals surface area contributed by atoms with Gasteiger partial charge in [-0.25, -0.2) is 4.57 Å². The zero-order valence-electron chi connectivity index (χ0n) is 17.3. The molecule has 0 amide bonds. The second-order valence-electron chi connectivity index (χ2n) is 7.52. The molecule has 32 heavy (non-hydrogen) atoms. The fourth-order valence-electron chi connectivity index (χ4n) is 3.63. The Morgan fingerprint density at radius 3 is 2.34 bits per heavy atom. The lowest BCUT2D eigenvalue weighted by atomic mass is 10.1. The first-order valence-electron chi connectivity index (χ1n) is 9.82. The van der Waals surface area contributed by atoms with Crippen molar-refractivity contribution in [3.63, 3.8) is 0 Å². The van der Waals surface area contributed by atoms with Crippen LogP contribution in [0.5, 0.6) is 5.88 Å². The van der Waals surface area contributed by atoms with E-state index in [-0.39, 0.29) is 16.6 Å². The molecule has 0 atom stereocenters. The van der Waals surface area contributed by atoms with Crippen LogP contribution in [0.25, 0.3) is 16.5 Å². The molecule has 4 aromatic rings. The van der Waals surface area contributed by atoms with Gasteiger partial charge < -0.3 is 5.11 Å². The first-order valence-corrected chi connectivity index (χ1v) is 9.82. The summed E-state index contributed by atoms with van der Waals surface area (Å²) >= 11 is 0. The molecule has 0 radical (unpaired) electrons. The predicted molar refractivity (Wildman–Crippen MR) is 119 cm³/mol. The van der Waals surface area contributed by atoms with Crippen LogP contribution in [0.4, 0.5) is 18.9 Å². The number of fused-ring (bicyclic) bond motifs is 1. The summed E-state index contributed by atoms with van der Waals surface area (Å²) < 4.78 is 40.5. The van der Waals surface area contributed by atoms with Crippen molar-refractivity contribution >= 4 is 22.7 Å². The Labute approximate surface area is 181 Å². The summed E-state index contributed by atoms with van der Waals surface area (Å²) in [5, 5.41) is 11.7. The molecule has 3 aromatic carbocycles. The van der Waals surface area contributed by atoms with Gasteiger partial charge in [0.15, 0.2) is 0 Å². The minimum absolute atomic E-state index is 0.0887. The van der Waals surface area contributed by atoms with Crippen LogP contribution in [0.1, 0.15) is 22.3 Å². The number of aryl methyl sites for hydroxylation is 2. The molecular weight excluding hydrogens is 417 g/mol. The Hall–Kier alpha value is -3.87. The van der Waals surface area contributed by atoms with E-state index in [1.54, 1.807) is 24.3 Å². The number of pyridine rings is 1. The van der Waals surface area contributed by atoms with Crippen molar-refractivity contribution in [3.8, 4) is 11.6 Å². The quantitative estimate of drug-likeness (QED) is 0.396. The summed E-state index contributed by atoms with van der Waals surface area (Å²) in [5.74, 6) is -0.485. The van der Waals surface area contributed by atoms with Gasteiger partial charge in [0.25, 0.3) is 5.56 Å². The molecule has 162 valence electrons. The average Bonchev–Trinajstić information content (AvgIpc) is 2.75. The highest BCUT2D eigenvalue weighted by Gasteiger charge is 2.31. The van der Waals surface area contributed by atoms with Gasteiger partial charge in [0.05, 0.1) is 22.5 Å². The molecule has 0 saturated carbocycles. The van der Waals surface area contributed by atoms with E-state index in [4.69, 9.17) is 0 Å². The molecule has 0 aliphatic rings. The topological polar surface area (TPSA) is 54.6 Å². The van der Waals surface area contributed by atoms with E-state index in [9.17, 15) is 23.1 Å². The fourth-order valence-corrected chi connectivity index (χ4v) is 3.63. The lowest BCUT2D eigenvalue weighted by Gasteiger charge is -2.15. The molecule has 7 heteroatoms. The molecule has 0 unspecified atom stereocenters. The number of rotatable bonds is 3. The molecular formula is C25H19F3N2O2. The van der Waals surface area contributed by atoms with Crippen LogP contribution in [-0.4, -0.2) is 15.9 Å². The van der Waals surface area contributed by atoms with Crippen molar-refractivity contribution in [3.05, 3.63) is 99.3 Å². The fraction of sp³-hybridized carbons (Fsp3) is 0.120. The molecule has 0 saturated heterocycles. The van der Waals surface area contributed by atoms with Gasteiger partial charge in [0, 0.05) is 17.0 Å². The highest BCUT2D eigenvalue weighted by Crippen LogP contribution is 2.32. The van der Waals surface area contributed by atoms with E-state index in [0.717, 1.165) is 27.8 Å². The van der Waals surface area contributed by atoms with Gasteiger partial charge in [0.1, 0.15) is 0 Å². The van der Waals surface area contributed by atoms with Crippen molar-refractivity contribution in [2.45, 2.75) is 20.0 Å². The van der Waals surface area contributed by atoms with Crippen molar-refractivity contribution < 1.29 is 18.3 Å². The molecule has 0 fully saturated rings. The molecule has 4 nitrogen and oxygen atoms in total. The van der Waals surface area contributed by atoms with Crippen LogP contribution >= 0.6 is 0 Å². The zero-order valence-corrected chi connectivity index (χ0v) is 17.3. The summed E-state index contributed by atoms with van der Waals surface area (Å²) in [4.78, 5) is 17.6. The minimum atomic E-state index is -4.58. The van der Waals surface area contributed by atoms with E-state index < -0.39 is 23.2 Å². The smallest absolute Gasteiger partial charge is 0.416 e. The third kappa shape index (κ3) is 3.89. The van der Waals surface area contributed by atoms with Gasteiger partial charge in [-0.15, -0.1) is 0 Å². The van der Waals surface area contributed by atoms with Crippen molar-refractivity contribution in [1.82, 2.24) is 4.57 Å². The maximum atomic E-state index is 13.2. The van der Waals surface area contributed by atoms with Gasteiger partial charge in [-0.2, -0.15) is 13.2 Å². The first kappa shape index (κ1) is 21.4. The van der Waals surface area contributed by atoms with Crippen molar-refractivity contribution in [1.29, 1.82) is 0 Å². The number of nitrogens with zero attached hydrogens (tertiary/aromatic N) is 2. The largest absolute Gasteiger partial charge is 0.494 e. The lowest BCUT2D eigenvalue weighted by molar-refractivity contribution is -0.137. The van der Waals surface area contributed by atoms with E-state index in [1.165, 1.54) is 18.3 Å². The predicted octanol–water partition coefficient (Wildman–Crippen LogP) is 6.08. The third-order valence-corrected chi connectivity index (χ3v) is 5.22. The second kappa shape index (κ2) is 8.00. The van der Waals surface area contributed by atoms with Crippen molar-refractivity contribution in [2.24, 2.45) is 4.99 Å². The Morgan fingerprint density at radius 2 is 1.66 bits per heavy atom. The Morgan fingerprint density at radius 1 is 0.938 bits per heavy atom. The molecule has 0 aliphatic heterocycles. The maximum absolute atomic E-state index is 13.2. The number of aliphatic imine (C=N–C) groups is 1. The molecule has 1 aromatic heterocycles. The van der Waals surface area contributed by atoms with Gasteiger partial charge >= 0.3 is 6.18 Å². The van der Waals surface area contributed by atoms with E-state index in [1.807, 2.05) is 32.0 Å². The summed E-state index contributed by atoms with van der Waals surface area (Å²) in [7, 11) is 0. The Kier molecular flexibility index (Phi) is 5.34. The van der Waals surface area contributed by atoms with Gasteiger partial charge in [-0.3, -0.25) is 9.79 Å². The molecule has 0 spiro atoms. The lowest BCUT2D eigenvalue weighted by Crippen LogP contribution is -2.20. The number of halogens is 3. The van der Waals surface area contributed by atoms with Crippen LogP contribution in [0.3, 0.4) is 0 Å². The molecule has 0 bridgehead atoms. The monoisotopic (exact) mass is 436 g/mol. The van der Waals surface area contributed by atoms with Crippen LogP contribution in [0, 0.1) is 13.8 Å². The zero-order chi connectivity index (χ0) is 23.0. The third-order valence-electron chi connectivity index (χ3n) is 5.22. The van der Waals surface area contributed by atoms with Gasteiger partial charge in [-0.1, -0.05) is 42.0 Å². The summed E-state index contributed by atoms with van der Waals surface area (Å²) in [6.45, 7) is 3.87. The van der Waals surface area contributed by atoms with Crippen LogP contribution < -0.4 is 5.56 Å².